The Balaban J connectivity index is 2.05. The maximum Gasteiger partial charge on any atom is 0.129 e. The van der Waals surface area contributed by atoms with Crippen LogP contribution in [-0.2, 0) is 6.42 Å². The van der Waals surface area contributed by atoms with Crippen molar-refractivity contribution < 1.29 is 5.11 Å². The van der Waals surface area contributed by atoms with E-state index in [1.165, 1.54) is 18.4 Å². The van der Waals surface area contributed by atoms with E-state index in [0.717, 1.165) is 17.4 Å². The Morgan fingerprint density at radius 2 is 2.36 bits per heavy atom. The van der Waals surface area contributed by atoms with Gasteiger partial charge in [-0.25, -0.2) is 0 Å². The van der Waals surface area contributed by atoms with Gasteiger partial charge in [-0.1, -0.05) is 6.07 Å². The molecular formula is C11H14BrNO. The zero-order chi connectivity index (χ0) is 9.97. The molecule has 0 bridgehead atoms. The van der Waals surface area contributed by atoms with Gasteiger partial charge in [-0.2, -0.15) is 0 Å². The smallest absolute Gasteiger partial charge is 0.129 e. The molecule has 0 aromatic heterocycles. The molecule has 1 fully saturated rings. The van der Waals surface area contributed by atoms with Crippen molar-refractivity contribution in [3.05, 3.63) is 28.2 Å². The van der Waals surface area contributed by atoms with E-state index < -0.39 is 0 Å². The van der Waals surface area contributed by atoms with Crippen molar-refractivity contribution in [1.82, 2.24) is 5.32 Å². The highest BCUT2D eigenvalue weighted by Crippen LogP contribution is 2.25. The van der Waals surface area contributed by atoms with Gasteiger partial charge in [0.2, 0.25) is 0 Å². The second-order valence-electron chi connectivity index (χ2n) is 3.78. The van der Waals surface area contributed by atoms with Crippen molar-refractivity contribution in [2.75, 3.05) is 6.54 Å². The Bertz CT molecular complexity index is 321. The molecule has 0 radical (unpaired) electrons. The van der Waals surface area contributed by atoms with Gasteiger partial charge >= 0.3 is 0 Å². The van der Waals surface area contributed by atoms with Crippen molar-refractivity contribution in [3.63, 3.8) is 0 Å². The molecule has 0 spiro atoms. The van der Waals surface area contributed by atoms with Crippen molar-refractivity contribution >= 4 is 15.9 Å². The van der Waals surface area contributed by atoms with Crippen LogP contribution in [0.15, 0.2) is 22.7 Å². The first-order chi connectivity index (χ1) is 6.75. The number of halogens is 1. The molecule has 1 atom stereocenters. The second-order valence-corrected chi connectivity index (χ2v) is 4.64. The number of aromatic hydroxyl groups is 1. The quantitative estimate of drug-likeness (QED) is 0.851. The molecule has 1 saturated heterocycles. The summed E-state index contributed by atoms with van der Waals surface area (Å²) >= 11 is 3.33. The number of phenolic OH excluding ortho intramolecular Hbond substituents is 1. The van der Waals surface area contributed by atoms with Crippen molar-refractivity contribution in [1.29, 1.82) is 0 Å². The number of nitrogens with one attached hydrogen (secondary N) is 1. The zero-order valence-electron chi connectivity index (χ0n) is 7.96. The Hall–Kier alpha value is -0.540. The fourth-order valence-corrected chi connectivity index (χ4v) is 2.32. The molecule has 1 aromatic carbocycles. The molecule has 2 rings (SSSR count). The minimum Gasteiger partial charge on any atom is -0.507 e. The summed E-state index contributed by atoms with van der Waals surface area (Å²) < 4.78 is 0.785. The summed E-state index contributed by atoms with van der Waals surface area (Å²) in [6.07, 6.45) is 3.60. The van der Waals surface area contributed by atoms with Gasteiger partial charge in [0.25, 0.3) is 0 Å². The topological polar surface area (TPSA) is 32.3 Å². The Labute approximate surface area is 92.5 Å². The first-order valence-electron chi connectivity index (χ1n) is 4.96. The summed E-state index contributed by atoms with van der Waals surface area (Å²) in [7, 11) is 0. The summed E-state index contributed by atoms with van der Waals surface area (Å²) in [6.45, 7) is 1.14. The molecule has 1 aliphatic heterocycles. The minimum atomic E-state index is 0.313. The summed E-state index contributed by atoms with van der Waals surface area (Å²) in [5.74, 6) is 0.313. The lowest BCUT2D eigenvalue weighted by Crippen LogP contribution is -2.23. The maximum absolute atomic E-state index is 9.34. The molecule has 14 heavy (non-hydrogen) atoms. The van der Waals surface area contributed by atoms with Crippen LogP contribution in [0.2, 0.25) is 0 Å². The van der Waals surface area contributed by atoms with Crippen LogP contribution < -0.4 is 5.32 Å². The number of phenols is 1. The zero-order valence-corrected chi connectivity index (χ0v) is 9.55. The molecule has 76 valence electrons. The van der Waals surface area contributed by atoms with E-state index >= 15 is 0 Å². The van der Waals surface area contributed by atoms with Crippen LogP contribution in [0.1, 0.15) is 18.4 Å². The standard InChI is InChI=1S/C11H14BrNO/c12-10-7-8(3-4-11(10)14)6-9-2-1-5-13-9/h3-4,7,9,13-14H,1-2,5-6H2. The largest absolute Gasteiger partial charge is 0.507 e. The van der Waals surface area contributed by atoms with Crippen LogP contribution in [0.25, 0.3) is 0 Å². The Morgan fingerprint density at radius 3 is 3.00 bits per heavy atom. The van der Waals surface area contributed by atoms with Crippen LogP contribution in [0.4, 0.5) is 0 Å². The maximum atomic E-state index is 9.34. The molecule has 2 N–H and O–H groups in total. The second kappa shape index (κ2) is 4.32. The molecular weight excluding hydrogens is 242 g/mol. The van der Waals surface area contributed by atoms with Gasteiger partial charge in [0, 0.05) is 6.04 Å². The van der Waals surface area contributed by atoms with Crippen molar-refractivity contribution in [2.45, 2.75) is 25.3 Å². The summed E-state index contributed by atoms with van der Waals surface area (Å²) in [5.41, 5.74) is 1.27. The lowest BCUT2D eigenvalue weighted by molar-refractivity contribution is 0.471. The number of hydrogen-bond donors (Lipinski definition) is 2. The SMILES string of the molecule is Oc1ccc(CC2CCCN2)cc1Br. The van der Waals surface area contributed by atoms with E-state index in [-0.39, 0.29) is 0 Å². The average molecular weight is 256 g/mol. The molecule has 1 heterocycles. The molecule has 0 saturated carbocycles. The van der Waals surface area contributed by atoms with E-state index in [9.17, 15) is 5.11 Å². The average Bonchev–Trinajstić information content (AvgIpc) is 2.64. The monoisotopic (exact) mass is 255 g/mol. The molecule has 3 heteroatoms. The first kappa shape index (κ1) is 9.99. The van der Waals surface area contributed by atoms with Gasteiger partial charge < -0.3 is 10.4 Å². The highest BCUT2D eigenvalue weighted by molar-refractivity contribution is 9.10. The van der Waals surface area contributed by atoms with Crippen LogP contribution in [0.5, 0.6) is 5.75 Å². The minimum absolute atomic E-state index is 0.313. The number of hydrogen-bond acceptors (Lipinski definition) is 2. The Morgan fingerprint density at radius 1 is 1.50 bits per heavy atom. The normalized spacial score (nSPS) is 21.4. The Kier molecular flexibility index (Phi) is 3.08. The molecule has 1 aliphatic rings. The number of rotatable bonds is 2. The van der Waals surface area contributed by atoms with Gasteiger partial charge in [-0.15, -0.1) is 0 Å². The molecule has 1 aromatic rings. The molecule has 0 aliphatic carbocycles. The van der Waals surface area contributed by atoms with Gasteiger partial charge in [0.15, 0.2) is 0 Å². The predicted octanol–water partition coefficient (Wildman–Crippen LogP) is 2.45. The third kappa shape index (κ3) is 2.28. The van der Waals surface area contributed by atoms with Crippen LogP contribution >= 0.6 is 15.9 Å². The predicted molar refractivity (Wildman–Crippen MR) is 60.5 cm³/mol. The van der Waals surface area contributed by atoms with Crippen molar-refractivity contribution in [2.24, 2.45) is 0 Å². The van der Waals surface area contributed by atoms with Crippen LogP contribution in [-0.4, -0.2) is 17.7 Å². The summed E-state index contributed by atoms with van der Waals surface area (Å²) in [5, 5.41) is 12.8. The third-order valence-electron chi connectivity index (χ3n) is 2.66. The third-order valence-corrected chi connectivity index (χ3v) is 3.29. The van der Waals surface area contributed by atoms with Gasteiger partial charge in [-0.3, -0.25) is 0 Å². The summed E-state index contributed by atoms with van der Waals surface area (Å²) in [4.78, 5) is 0. The van der Waals surface area contributed by atoms with Gasteiger partial charge in [0.05, 0.1) is 4.47 Å². The van der Waals surface area contributed by atoms with Crippen LogP contribution in [0, 0.1) is 0 Å². The first-order valence-corrected chi connectivity index (χ1v) is 5.76. The lowest BCUT2D eigenvalue weighted by atomic mass is 10.0. The fraction of sp³-hybridized carbons (Fsp3) is 0.455. The van der Waals surface area contributed by atoms with E-state index in [1.807, 2.05) is 12.1 Å². The van der Waals surface area contributed by atoms with E-state index in [1.54, 1.807) is 6.07 Å². The van der Waals surface area contributed by atoms with Gasteiger partial charge in [0.1, 0.15) is 5.75 Å². The molecule has 2 nitrogen and oxygen atoms in total. The van der Waals surface area contributed by atoms with E-state index in [0.29, 0.717) is 11.8 Å². The van der Waals surface area contributed by atoms with E-state index in [4.69, 9.17) is 0 Å². The lowest BCUT2D eigenvalue weighted by Gasteiger charge is -2.10. The highest BCUT2D eigenvalue weighted by Gasteiger charge is 2.14. The van der Waals surface area contributed by atoms with E-state index in [2.05, 4.69) is 21.2 Å². The highest BCUT2D eigenvalue weighted by atomic mass is 79.9. The molecule has 0 amide bonds. The van der Waals surface area contributed by atoms with Crippen LogP contribution in [0.3, 0.4) is 0 Å². The van der Waals surface area contributed by atoms with Gasteiger partial charge in [-0.05, 0) is 59.4 Å². The van der Waals surface area contributed by atoms with Crippen molar-refractivity contribution in [3.8, 4) is 5.75 Å². The fourth-order valence-electron chi connectivity index (χ4n) is 1.89. The molecule has 1 unspecified atom stereocenters. The number of benzene rings is 1. The summed E-state index contributed by atoms with van der Waals surface area (Å²) in [6, 6.07) is 6.34.